The first-order valence-electron chi connectivity index (χ1n) is 8.21. The smallest absolute Gasteiger partial charge is 0.0702 e. The molecule has 3 heterocycles. The summed E-state index contributed by atoms with van der Waals surface area (Å²) in [6.45, 7) is 3.56. The van der Waals surface area contributed by atoms with Gasteiger partial charge in [-0.3, -0.25) is 9.88 Å². The normalized spacial score (nSPS) is 26.1. The van der Waals surface area contributed by atoms with Crippen LogP contribution in [0.3, 0.4) is 0 Å². The van der Waals surface area contributed by atoms with Crippen LogP contribution in [-0.2, 0) is 6.54 Å². The summed E-state index contributed by atoms with van der Waals surface area (Å²) >= 11 is 0. The van der Waals surface area contributed by atoms with Gasteiger partial charge in [0.05, 0.1) is 5.52 Å². The molecule has 2 atom stereocenters. The van der Waals surface area contributed by atoms with Crippen molar-refractivity contribution in [1.82, 2.24) is 15.2 Å². The molecule has 2 unspecified atom stereocenters. The van der Waals surface area contributed by atoms with Crippen molar-refractivity contribution in [3.8, 4) is 0 Å². The third kappa shape index (κ3) is 2.68. The molecule has 21 heavy (non-hydrogen) atoms. The van der Waals surface area contributed by atoms with Crippen LogP contribution in [0.15, 0.2) is 36.5 Å². The molecular formula is C18H23N3. The van der Waals surface area contributed by atoms with Gasteiger partial charge in [-0.25, -0.2) is 0 Å². The number of hydrogen-bond acceptors (Lipinski definition) is 3. The molecule has 0 aliphatic carbocycles. The predicted molar refractivity (Wildman–Crippen MR) is 86.2 cm³/mol. The quantitative estimate of drug-likeness (QED) is 0.937. The van der Waals surface area contributed by atoms with E-state index in [-0.39, 0.29) is 0 Å². The molecule has 1 aromatic heterocycles. The summed E-state index contributed by atoms with van der Waals surface area (Å²) in [5.41, 5.74) is 2.45. The highest BCUT2D eigenvalue weighted by Gasteiger charge is 2.34. The standard InChI is InChI=1S/C18H23N3/c1-2-10-21-11-8-17(18(21)5-1)20-13-14-6-7-16-15(12-14)4-3-9-19-16/h3-4,6-7,9,12,17-18,20H,1-2,5,8,10-11,13H2. The van der Waals surface area contributed by atoms with Gasteiger partial charge in [-0.15, -0.1) is 0 Å². The average Bonchev–Trinajstić information content (AvgIpc) is 2.96. The lowest BCUT2D eigenvalue weighted by Crippen LogP contribution is -2.44. The molecule has 2 fully saturated rings. The van der Waals surface area contributed by atoms with E-state index in [9.17, 15) is 0 Å². The molecular weight excluding hydrogens is 258 g/mol. The highest BCUT2D eigenvalue weighted by atomic mass is 15.2. The Morgan fingerprint density at radius 3 is 3.14 bits per heavy atom. The lowest BCUT2D eigenvalue weighted by molar-refractivity contribution is 0.180. The van der Waals surface area contributed by atoms with E-state index in [2.05, 4.69) is 39.5 Å². The zero-order valence-electron chi connectivity index (χ0n) is 12.5. The van der Waals surface area contributed by atoms with Gasteiger partial charge in [0.2, 0.25) is 0 Å². The fraction of sp³-hybridized carbons (Fsp3) is 0.500. The summed E-state index contributed by atoms with van der Waals surface area (Å²) in [5, 5.41) is 5.04. The first kappa shape index (κ1) is 13.2. The van der Waals surface area contributed by atoms with E-state index in [0.29, 0.717) is 6.04 Å². The van der Waals surface area contributed by atoms with Gasteiger partial charge in [-0.2, -0.15) is 0 Å². The first-order chi connectivity index (χ1) is 10.4. The van der Waals surface area contributed by atoms with Crippen LogP contribution in [0.4, 0.5) is 0 Å². The zero-order chi connectivity index (χ0) is 14.1. The monoisotopic (exact) mass is 281 g/mol. The number of nitrogens with one attached hydrogen (secondary N) is 1. The Morgan fingerprint density at radius 1 is 1.14 bits per heavy atom. The summed E-state index contributed by atoms with van der Waals surface area (Å²) in [6, 6.07) is 12.2. The predicted octanol–water partition coefficient (Wildman–Crippen LogP) is 2.95. The Bertz CT molecular complexity index is 625. The van der Waals surface area contributed by atoms with E-state index >= 15 is 0 Å². The van der Waals surface area contributed by atoms with Crippen molar-refractivity contribution in [3.05, 3.63) is 42.1 Å². The number of pyridine rings is 1. The largest absolute Gasteiger partial charge is 0.308 e. The maximum atomic E-state index is 4.39. The number of piperidine rings is 1. The van der Waals surface area contributed by atoms with E-state index < -0.39 is 0 Å². The van der Waals surface area contributed by atoms with Gasteiger partial charge in [0.1, 0.15) is 0 Å². The molecule has 0 spiro atoms. The van der Waals surface area contributed by atoms with Crippen molar-refractivity contribution in [1.29, 1.82) is 0 Å². The average molecular weight is 281 g/mol. The van der Waals surface area contributed by atoms with Gasteiger partial charge in [0.15, 0.2) is 0 Å². The second kappa shape index (κ2) is 5.74. The Kier molecular flexibility index (Phi) is 3.62. The molecule has 0 amide bonds. The summed E-state index contributed by atoms with van der Waals surface area (Å²) < 4.78 is 0. The van der Waals surface area contributed by atoms with E-state index in [1.165, 1.54) is 49.7 Å². The molecule has 0 saturated carbocycles. The minimum Gasteiger partial charge on any atom is -0.308 e. The molecule has 1 aromatic carbocycles. The van der Waals surface area contributed by atoms with Crippen LogP contribution in [-0.4, -0.2) is 35.1 Å². The van der Waals surface area contributed by atoms with Gasteiger partial charge in [-0.05, 0) is 49.6 Å². The Morgan fingerprint density at radius 2 is 2.14 bits per heavy atom. The van der Waals surface area contributed by atoms with E-state index in [0.717, 1.165) is 18.1 Å². The highest BCUT2D eigenvalue weighted by molar-refractivity contribution is 5.78. The second-order valence-corrected chi connectivity index (χ2v) is 6.41. The van der Waals surface area contributed by atoms with Crippen molar-refractivity contribution in [2.24, 2.45) is 0 Å². The lowest BCUT2D eigenvalue weighted by Gasteiger charge is -2.32. The molecule has 2 aromatic rings. The molecule has 0 radical (unpaired) electrons. The number of hydrogen-bond donors (Lipinski definition) is 1. The molecule has 0 bridgehead atoms. The maximum absolute atomic E-state index is 4.39. The molecule has 1 N–H and O–H groups in total. The minimum absolute atomic E-state index is 0.676. The lowest BCUT2D eigenvalue weighted by atomic mass is 9.99. The number of nitrogens with zero attached hydrogens (tertiary/aromatic N) is 2. The summed E-state index contributed by atoms with van der Waals surface area (Å²) in [4.78, 5) is 7.07. The number of rotatable bonds is 3. The fourth-order valence-corrected chi connectivity index (χ4v) is 3.97. The topological polar surface area (TPSA) is 28.2 Å². The van der Waals surface area contributed by atoms with E-state index in [1.54, 1.807) is 0 Å². The van der Waals surface area contributed by atoms with Gasteiger partial charge in [0, 0.05) is 36.8 Å². The van der Waals surface area contributed by atoms with Crippen molar-refractivity contribution in [2.75, 3.05) is 13.1 Å². The van der Waals surface area contributed by atoms with Gasteiger partial charge >= 0.3 is 0 Å². The van der Waals surface area contributed by atoms with Crippen molar-refractivity contribution >= 4 is 10.9 Å². The van der Waals surface area contributed by atoms with Crippen molar-refractivity contribution in [3.63, 3.8) is 0 Å². The molecule has 3 nitrogen and oxygen atoms in total. The summed E-state index contributed by atoms with van der Waals surface area (Å²) in [6.07, 6.45) is 7.33. The van der Waals surface area contributed by atoms with Crippen LogP contribution >= 0.6 is 0 Å². The van der Waals surface area contributed by atoms with Crippen LogP contribution in [0, 0.1) is 0 Å². The van der Waals surface area contributed by atoms with E-state index in [4.69, 9.17) is 0 Å². The van der Waals surface area contributed by atoms with Crippen molar-refractivity contribution in [2.45, 2.75) is 44.3 Å². The first-order valence-corrected chi connectivity index (χ1v) is 8.21. The third-order valence-corrected chi connectivity index (χ3v) is 5.09. The van der Waals surface area contributed by atoms with Crippen LogP contribution in [0.5, 0.6) is 0 Å². The molecule has 3 heteroatoms. The van der Waals surface area contributed by atoms with E-state index in [1.807, 2.05) is 12.3 Å². The van der Waals surface area contributed by atoms with Gasteiger partial charge in [-0.1, -0.05) is 18.6 Å². The summed E-state index contributed by atoms with van der Waals surface area (Å²) in [7, 11) is 0. The summed E-state index contributed by atoms with van der Waals surface area (Å²) in [5.74, 6) is 0. The molecule has 110 valence electrons. The third-order valence-electron chi connectivity index (χ3n) is 5.09. The maximum Gasteiger partial charge on any atom is 0.0702 e. The number of aromatic nitrogens is 1. The Balaban J connectivity index is 1.43. The Hall–Kier alpha value is -1.45. The zero-order valence-corrected chi connectivity index (χ0v) is 12.5. The Labute approximate surface area is 126 Å². The second-order valence-electron chi connectivity index (χ2n) is 6.41. The number of benzene rings is 1. The van der Waals surface area contributed by atoms with Gasteiger partial charge in [0.25, 0.3) is 0 Å². The van der Waals surface area contributed by atoms with Gasteiger partial charge < -0.3 is 5.32 Å². The van der Waals surface area contributed by atoms with Crippen LogP contribution < -0.4 is 5.32 Å². The molecule has 2 aliphatic rings. The van der Waals surface area contributed by atoms with Crippen molar-refractivity contribution < 1.29 is 0 Å². The van der Waals surface area contributed by atoms with Crippen LogP contribution in [0.2, 0.25) is 0 Å². The molecule has 4 rings (SSSR count). The molecule has 2 aliphatic heterocycles. The highest BCUT2D eigenvalue weighted by Crippen LogP contribution is 2.27. The SMILES string of the molecule is c1cnc2ccc(CNC3CCN4CCCCC34)cc2c1. The fourth-order valence-electron chi connectivity index (χ4n) is 3.97. The number of fused-ring (bicyclic) bond motifs is 2. The van der Waals surface area contributed by atoms with Crippen LogP contribution in [0.25, 0.3) is 10.9 Å². The molecule has 2 saturated heterocycles. The minimum atomic E-state index is 0.676. The van der Waals surface area contributed by atoms with Crippen LogP contribution in [0.1, 0.15) is 31.2 Å².